The topological polar surface area (TPSA) is 27.6 Å². The quantitative estimate of drug-likeness (QED) is 0.625. The minimum absolute atomic E-state index is 0.307. The molecule has 0 unspecified atom stereocenters. The van der Waals surface area contributed by atoms with E-state index in [0.29, 0.717) is 28.2 Å². The van der Waals surface area contributed by atoms with Crippen LogP contribution in [0.2, 0.25) is 0 Å². The van der Waals surface area contributed by atoms with Gasteiger partial charge in [0.15, 0.2) is 0 Å². The number of aliphatic imine (C=N–C) groups is 1. The van der Waals surface area contributed by atoms with Crippen molar-refractivity contribution in [1.29, 1.82) is 0 Å². The normalized spacial score (nSPS) is 11.0. The predicted molar refractivity (Wildman–Crippen MR) is 92.0 cm³/mol. The Balaban J connectivity index is 2.44. The van der Waals surface area contributed by atoms with Gasteiger partial charge >= 0.3 is 0 Å². The third kappa shape index (κ3) is 4.06. The number of anilines is 2. The van der Waals surface area contributed by atoms with Gasteiger partial charge in [-0.15, -0.1) is 0 Å². The van der Waals surface area contributed by atoms with Crippen LogP contribution < -0.4 is 5.32 Å². The summed E-state index contributed by atoms with van der Waals surface area (Å²) in [4.78, 5) is 6.36. The molecule has 0 aliphatic rings. The van der Waals surface area contributed by atoms with Crippen molar-refractivity contribution in [3.63, 3.8) is 0 Å². The van der Waals surface area contributed by atoms with Crippen LogP contribution in [0, 0.1) is 25.5 Å². The van der Waals surface area contributed by atoms with Crippen LogP contribution in [-0.4, -0.2) is 24.8 Å². The Morgan fingerprint density at radius 2 is 1.91 bits per heavy atom. The maximum atomic E-state index is 13.8. The Morgan fingerprint density at radius 3 is 2.61 bits per heavy atom. The van der Waals surface area contributed by atoms with E-state index in [4.69, 9.17) is 0 Å². The number of hydrogen-bond acceptors (Lipinski definition) is 2. The fourth-order valence-electron chi connectivity index (χ4n) is 2.13. The third-order valence-electron chi connectivity index (χ3n) is 3.69. The molecule has 0 amide bonds. The summed E-state index contributed by atoms with van der Waals surface area (Å²) in [7, 11) is 1.91. The fraction of sp³-hybridized carbons (Fsp3) is 0.278. The molecular weight excluding hydrogens is 296 g/mol. The Labute approximate surface area is 135 Å². The van der Waals surface area contributed by atoms with Gasteiger partial charge in [-0.25, -0.2) is 13.8 Å². The maximum absolute atomic E-state index is 13.8. The number of nitrogens with one attached hydrogen (secondary N) is 1. The second kappa shape index (κ2) is 7.22. The molecule has 2 aromatic carbocycles. The van der Waals surface area contributed by atoms with Crippen LogP contribution in [0.25, 0.3) is 0 Å². The minimum atomic E-state index is -0.359. The van der Waals surface area contributed by atoms with Gasteiger partial charge in [-0.05, 0) is 50.6 Å². The van der Waals surface area contributed by atoms with Gasteiger partial charge in [0.2, 0.25) is 0 Å². The number of aryl methyl sites for hydroxylation is 1. The average Bonchev–Trinajstić information content (AvgIpc) is 2.50. The van der Waals surface area contributed by atoms with Crippen molar-refractivity contribution >= 4 is 23.4 Å². The van der Waals surface area contributed by atoms with Crippen molar-refractivity contribution in [1.82, 2.24) is 4.90 Å². The van der Waals surface area contributed by atoms with E-state index in [1.807, 2.05) is 18.9 Å². The van der Waals surface area contributed by atoms with E-state index in [-0.39, 0.29) is 11.6 Å². The zero-order valence-corrected chi connectivity index (χ0v) is 13.8. The molecule has 0 saturated heterocycles. The van der Waals surface area contributed by atoms with Crippen LogP contribution in [0.1, 0.15) is 18.1 Å². The van der Waals surface area contributed by atoms with Gasteiger partial charge in [-0.3, -0.25) is 0 Å². The largest absolute Gasteiger partial charge is 0.366 e. The Morgan fingerprint density at radius 1 is 1.17 bits per heavy atom. The minimum Gasteiger partial charge on any atom is -0.366 e. The van der Waals surface area contributed by atoms with Gasteiger partial charge in [-0.2, -0.15) is 0 Å². The van der Waals surface area contributed by atoms with Gasteiger partial charge in [0.1, 0.15) is 11.6 Å². The van der Waals surface area contributed by atoms with Crippen molar-refractivity contribution in [2.45, 2.75) is 20.8 Å². The molecule has 3 nitrogen and oxygen atoms in total. The summed E-state index contributed by atoms with van der Waals surface area (Å²) in [6.07, 6.45) is 1.70. The van der Waals surface area contributed by atoms with E-state index in [9.17, 15) is 8.78 Å². The summed E-state index contributed by atoms with van der Waals surface area (Å²) >= 11 is 0. The molecule has 0 fully saturated rings. The Kier molecular flexibility index (Phi) is 5.32. The molecule has 2 rings (SSSR count). The van der Waals surface area contributed by atoms with Crippen LogP contribution in [0.4, 0.5) is 25.8 Å². The molecule has 0 aliphatic carbocycles. The fourth-order valence-corrected chi connectivity index (χ4v) is 2.13. The standard InChI is InChI=1S/C18H21F2N3/c1-5-23(4)11-21-18-12(2)9-14(19)10-17(18)22-16-8-6-7-15(20)13(16)3/h6-11,22H,5H2,1-4H3. The number of nitrogens with zero attached hydrogens (tertiary/aromatic N) is 2. The Hall–Kier alpha value is -2.43. The first-order valence-electron chi connectivity index (χ1n) is 7.49. The van der Waals surface area contributed by atoms with Gasteiger partial charge in [-0.1, -0.05) is 6.07 Å². The first-order chi connectivity index (χ1) is 10.9. The molecular formula is C18H21F2N3. The molecule has 5 heteroatoms. The maximum Gasteiger partial charge on any atom is 0.128 e. The molecule has 0 saturated carbocycles. The molecule has 0 radical (unpaired) electrons. The van der Waals surface area contributed by atoms with Crippen molar-refractivity contribution in [3.05, 3.63) is 53.1 Å². The molecule has 0 atom stereocenters. The van der Waals surface area contributed by atoms with Gasteiger partial charge in [0, 0.05) is 24.8 Å². The SMILES string of the molecule is CCN(C)C=Nc1c(C)cc(F)cc1Nc1cccc(F)c1C. The number of rotatable bonds is 5. The first-order valence-corrected chi connectivity index (χ1v) is 7.49. The zero-order chi connectivity index (χ0) is 17.0. The molecule has 1 N–H and O–H groups in total. The average molecular weight is 317 g/mol. The van der Waals surface area contributed by atoms with E-state index in [1.165, 1.54) is 18.2 Å². The summed E-state index contributed by atoms with van der Waals surface area (Å²) in [5, 5.41) is 3.09. The van der Waals surface area contributed by atoms with Gasteiger partial charge in [0.25, 0.3) is 0 Å². The van der Waals surface area contributed by atoms with Crippen LogP contribution in [0.5, 0.6) is 0 Å². The second-order valence-corrected chi connectivity index (χ2v) is 5.47. The summed E-state index contributed by atoms with van der Waals surface area (Å²) < 4.78 is 27.5. The highest BCUT2D eigenvalue weighted by Gasteiger charge is 2.10. The van der Waals surface area contributed by atoms with E-state index in [1.54, 1.807) is 32.3 Å². The van der Waals surface area contributed by atoms with Gasteiger partial charge < -0.3 is 10.2 Å². The molecule has 0 aliphatic heterocycles. The van der Waals surface area contributed by atoms with Crippen LogP contribution >= 0.6 is 0 Å². The summed E-state index contributed by atoms with van der Waals surface area (Å²) in [6.45, 7) is 6.30. The number of halogens is 2. The zero-order valence-electron chi connectivity index (χ0n) is 13.8. The summed E-state index contributed by atoms with van der Waals surface area (Å²) in [5.74, 6) is -0.666. The summed E-state index contributed by atoms with van der Waals surface area (Å²) in [5.41, 5.74) is 2.93. The van der Waals surface area contributed by atoms with Crippen LogP contribution in [0.3, 0.4) is 0 Å². The molecule has 0 spiro atoms. The van der Waals surface area contributed by atoms with E-state index >= 15 is 0 Å². The third-order valence-corrected chi connectivity index (χ3v) is 3.69. The van der Waals surface area contributed by atoms with E-state index < -0.39 is 0 Å². The monoisotopic (exact) mass is 317 g/mol. The number of hydrogen-bond donors (Lipinski definition) is 1. The van der Waals surface area contributed by atoms with Crippen molar-refractivity contribution < 1.29 is 8.78 Å². The van der Waals surface area contributed by atoms with Crippen LogP contribution in [-0.2, 0) is 0 Å². The molecule has 0 heterocycles. The highest BCUT2D eigenvalue weighted by Crippen LogP contribution is 2.33. The lowest BCUT2D eigenvalue weighted by Gasteiger charge is -2.15. The molecule has 0 bridgehead atoms. The number of benzene rings is 2. The van der Waals surface area contributed by atoms with Crippen molar-refractivity contribution in [3.8, 4) is 0 Å². The molecule has 0 aromatic heterocycles. The van der Waals surface area contributed by atoms with E-state index in [0.717, 1.165) is 6.54 Å². The van der Waals surface area contributed by atoms with Gasteiger partial charge in [0.05, 0.1) is 17.7 Å². The second-order valence-electron chi connectivity index (χ2n) is 5.47. The lowest BCUT2D eigenvalue weighted by Crippen LogP contribution is -2.14. The molecule has 2 aromatic rings. The highest BCUT2D eigenvalue weighted by molar-refractivity contribution is 5.79. The Bertz CT molecular complexity index is 726. The molecule has 122 valence electrons. The van der Waals surface area contributed by atoms with Crippen molar-refractivity contribution in [2.24, 2.45) is 4.99 Å². The smallest absolute Gasteiger partial charge is 0.128 e. The highest BCUT2D eigenvalue weighted by atomic mass is 19.1. The first kappa shape index (κ1) is 16.9. The predicted octanol–water partition coefficient (Wildman–Crippen LogP) is 4.94. The lowest BCUT2D eigenvalue weighted by atomic mass is 10.1. The summed E-state index contributed by atoms with van der Waals surface area (Å²) in [6, 6.07) is 7.57. The van der Waals surface area contributed by atoms with Crippen molar-refractivity contribution in [2.75, 3.05) is 18.9 Å². The van der Waals surface area contributed by atoms with Crippen LogP contribution in [0.15, 0.2) is 35.3 Å². The van der Waals surface area contributed by atoms with E-state index in [2.05, 4.69) is 10.3 Å². The molecule has 23 heavy (non-hydrogen) atoms. The lowest BCUT2D eigenvalue weighted by molar-refractivity contribution is 0.552.